The van der Waals surface area contributed by atoms with Crippen molar-refractivity contribution in [2.45, 2.75) is 64.6 Å². The fourth-order valence-corrected chi connectivity index (χ4v) is 3.32. The summed E-state index contributed by atoms with van der Waals surface area (Å²) >= 11 is 0. The average molecular weight is 529 g/mol. The summed E-state index contributed by atoms with van der Waals surface area (Å²) in [6.45, 7) is 10.4. The van der Waals surface area contributed by atoms with E-state index in [1.165, 1.54) is 0 Å². The fourth-order valence-electron chi connectivity index (χ4n) is 3.32. The SMILES string of the molecule is C#CN(C(=O)C(CCC(N)=O)NC(=O)OC(C)(C)C)C(C(=O)NCCC(=O)OCC)c1cccc(C=C)c1. The molecule has 38 heavy (non-hydrogen) atoms. The third kappa shape index (κ3) is 10.7. The van der Waals surface area contributed by atoms with Crippen molar-refractivity contribution in [2.75, 3.05) is 13.2 Å². The van der Waals surface area contributed by atoms with Gasteiger partial charge in [-0.15, -0.1) is 0 Å². The summed E-state index contributed by atoms with van der Waals surface area (Å²) in [6, 6.07) is 6.18. The zero-order chi connectivity index (χ0) is 28.9. The number of amides is 4. The Bertz CT molecular complexity index is 1070. The first-order valence-electron chi connectivity index (χ1n) is 12.1. The fraction of sp³-hybridized carbons (Fsp3) is 0.444. The Morgan fingerprint density at radius 3 is 2.45 bits per heavy atom. The molecule has 4 amide bonds. The summed E-state index contributed by atoms with van der Waals surface area (Å²) in [5, 5.41) is 5.02. The highest BCUT2D eigenvalue weighted by Crippen LogP contribution is 2.24. The first-order chi connectivity index (χ1) is 17.8. The quantitative estimate of drug-likeness (QED) is 0.201. The number of hydrogen-bond acceptors (Lipinski definition) is 7. The molecule has 1 aromatic carbocycles. The summed E-state index contributed by atoms with van der Waals surface area (Å²) in [6.07, 6.45) is 5.83. The number of primary amides is 1. The van der Waals surface area contributed by atoms with Crippen LogP contribution in [0.5, 0.6) is 0 Å². The van der Waals surface area contributed by atoms with Gasteiger partial charge in [-0.3, -0.25) is 24.1 Å². The lowest BCUT2D eigenvalue weighted by Gasteiger charge is -2.30. The molecule has 1 aromatic rings. The van der Waals surface area contributed by atoms with Gasteiger partial charge in [0.15, 0.2) is 0 Å². The summed E-state index contributed by atoms with van der Waals surface area (Å²) in [7, 11) is 0. The normalized spacial score (nSPS) is 12.2. The maximum absolute atomic E-state index is 13.6. The van der Waals surface area contributed by atoms with Crippen LogP contribution in [0.15, 0.2) is 30.8 Å². The predicted octanol–water partition coefficient (Wildman–Crippen LogP) is 2.02. The highest BCUT2D eigenvalue weighted by Gasteiger charge is 2.36. The summed E-state index contributed by atoms with van der Waals surface area (Å²) in [5.74, 6) is -2.72. The Kier molecular flexibility index (Phi) is 12.5. The third-order valence-corrected chi connectivity index (χ3v) is 4.95. The van der Waals surface area contributed by atoms with Gasteiger partial charge in [-0.1, -0.05) is 37.3 Å². The highest BCUT2D eigenvalue weighted by atomic mass is 16.6. The van der Waals surface area contributed by atoms with E-state index in [2.05, 4.69) is 23.3 Å². The number of esters is 1. The van der Waals surface area contributed by atoms with Crippen molar-refractivity contribution in [1.82, 2.24) is 15.5 Å². The van der Waals surface area contributed by atoms with E-state index in [0.717, 1.165) is 4.90 Å². The molecule has 11 nitrogen and oxygen atoms in total. The second-order valence-corrected chi connectivity index (χ2v) is 9.16. The van der Waals surface area contributed by atoms with Crippen LogP contribution in [-0.4, -0.2) is 59.5 Å². The van der Waals surface area contributed by atoms with Crippen molar-refractivity contribution < 1.29 is 33.4 Å². The second kappa shape index (κ2) is 15.0. The van der Waals surface area contributed by atoms with Crippen molar-refractivity contribution in [1.29, 1.82) is 0 Å². The van der Waals surface area contributed by atoms with Gasteiger partial charge in [0.2, 0.25) is 11.8 Å². The summed E-state index contributed by atoms with van der Waals surface area (Å²) in [5.41, 5.74) is 5.41. The number of carbonyl (C=O) groups excluding carboxylic acids is 5. The van der Waals surface area contributed by atoms with E-state index in [9.17, 15) is 24.0 Å². The molecule has 1 rings (SSSR count). The Hall–Kier alpha value is -4.33. The molecule has 0 aromatic heterocycles. The number of nitrogens with two attached hydrogens (primary N) is 1. The molecule has 0 aliphatic heterocycles. The molecule has 0 radical (unpaired) electrons. The molecule has 0 bridgehead atoms. The van der Waals surface area contributed by atoms with Crippen LogP contribution in [-0.2, 0) is 28.7 Å². The minimum Gasteiger partial charge on any atom is -0.466 e. The Morgan fingerprint density at radius 2 is 1.89 bits per heavy atom. The van der Waals surface area contributed by atoms with Crippen LogP contribution in [0.3, 0.4) is 0 Å². The first-order valence-corrected chi connectivity index (χ1v) is 12.1. The molecule has 4 N–H and O–H groups in total. The molecule has 2 atom stereocenters. The van der Waals surface area contributed by atoms with E-state index in [1.54, 1.807) is 58.0 Å². The Labute approximate surface area is 223 Å². The summed E-state index contributed by atoms with van der Waals surface area (Å²) in [4.78, 5) is 63.3. The van der Waals surface area contributed by atoms with Crippen molar-refractivity contribution in [2.24, 2.45) is 5.73 Å². The minimum atomic E-state index is -1.34. The van der Waals surface area contributed by atoms with E-state index >= 15 is 0 Å². The van der Waals surface area contributed by atoms with Crippen molar-refractivity contribution >= 4 is 35.9 Å². The molecule has 0 saturated carbocycles. The van der Waals surface area contributed by atoms with Crippen molar-refractivity contribution in [3.8, 4) is 12.5 Å². The number of nitrogens with zero attached hydrogens (tertiary/aromatic N) is 1. The number of rotatable bonds is 13. The topological polar surface area (TPSA) is 157 Å². The van der Waals surface area contributed by atoms with E-state index in [1.807, 2.05) is 0 Å². The zero-order valence-electron chi connectivity index (χ0n) is 22.2. The van der Waals surface area contributed by atoms with Crippen LogP contribution >= 0.6 is 0 Å². The lowest BCUT2D eigenvalue weighted by atomic mass is 10.00. The molecule has 0 heterocycles. The van der Waals surface area contributed by atoms with Gasteiger partial charge < -0.3 is 25.8 Å². The predicted molar refractivity (Wildman–Crippen MR) is 141 cm³/mol. The Morgan fingerprint density at radius 1 is 1.21 bits per heavy atom. The molecule has 0 spiro atoms. The standard InChI is InChI=1S/C27H36N4O7/c1-7-18-11-10-12-19(17-18)23(24(34)29-16-15-22(33)37-9-3)31(8-2)25(35)20(13-14-21(28)32)30-26(36)38-27(4,5)6/h2,7,10-12,17,20,23H,1,9,13-16H2,3-6H3,(H2,28,32)(H,29,34)(H,30,36). The zero-order valence-corrected chi connectivity index (χ0v) is 22.2. The number of ether oxygens (including phenoxy) is 2. The monoisotopic (exact) mass is 528 g/mol. The second-order valence-electron chi connectivity index (χ2n) is 9.16. The Balaban J connectivity index is 3.36. The third-order valence-electron chi connectivity index (χ3n) is 4.95. The van der Waals surface area contributed by atoms with Gasteiger partial charge in [-0.05, 0) is 51.3 Å². The molecule has 11 heteroatoms. The number of nitrogens with one attached hydrogen (secondary N) is 2. The molecular weight excluding hydrogens is 492 g/mol. The number of alkyl carbamates (subject to hydrolysis) is 1. The van der Waals surface area contributed by atoms with Crippen molar-refractivity contribution in [3.63, 3.8) is 0 Å². The van der Waals surface area contributed by atoms with Crippen molar-refractivity contribution in [3.05, 3.63) is 42.0 Å². The molecule has 0 saturated heterocycles. The van der Waals surface area contributed by atoms with Gasteiger partial charge >= 0.3 is 12.1 Å². The molecular formula is C27H36N4O7. The maximum atomic E-state index is 13.6. The molecule has 0 fully saturated rings. The lowest BCUT2D eigenvalue weighted by Crippen LogP contribution is -2.51. The van der Waals surface area contributed by atoms with Crippen LogP contribution in [0, 0.1) is 12.5 Å². The number of terminal acetylenes is 1. The van der Waals surface area contributed by atoms with Gasteiger partial charge in [0.1, 0.15) is 17.7 Å². The van der Waals surface area contributed by atoms with E-state index in [4.69, 9.17) is 21.6 Å². The number of benzene rings is 1. The number of carbonyl (C=O) groups is 5. The summed E-state index contributed by atoms with van der Waals surface area (Å²) < 4.78 is 10.1. The maximum Gasteiger partial charge on any atom is 0.408 e. The van der Waals surface area contributed by atoms with Gasteiger partial charge in [0, 0.05) is 19.0 Å². The average Bonchev–Trinajstić information content (AvgIpc) is 2.83. The first kappa shape index (κ1) is 31.7. The van der Waals surface area contributed by atoms with E-state index in [0.29, 0.717) is 11.1 Å². The molecule has 0 aliphatic carbocycles. The highest BCUT2D eigenvalue weighted by molar-refractivity contribution is 5.93. The van der Waals surface area contributed by atoms with Crippen LogP contribution in [0.2, 0.25) is 0 Å². The van der Waals surface area contributed by atoms with E-state index in [-0.39, 0.29) is 32.4 Å². The molecule has 0 aliphatic rings. The van der Waals surface area contributed by atoms with Crippen LogP contribution in [0.25, 0.3) is 6.08 Å². The molecule has 2 unspecified atom stereocenters. The van der Waals surface area contributed by atoms with Gasteiger partial charge in [0.05, 0.1) is 13.0 Å². The largest absolute Gasteiger partial charge is 0.466 e. The molecule has 206 valence electrons. The van der Waals surface area contributed by atoms with Gasteiger partial charge in [-0.25, -0.2) is 4.79 Å². The van der Waals surface area contributed by atoms with Crippen LogP contribution in [0.1, 0.15) is 64.1 Å². The number of hydrogen-bond donors (Lipinski definition) is 3. The van der Waals surface area contributed by atoms with Crippen LogP contribution < -0.4 is 16.4 Å². The minimum absolute atomic E-state index is 0.0663. The lowest BCUT2D eigenvalue weighted by molar-refractivity contribution is -0.143. The van der Waals surface area contributed by atoms with Gasteiger partial charge in [0.25, 0.3) is 5.91 Å². The smallest absolute Gasteiger partial charge is 0.408 e. The van der Waals surface area contributed by atoms with Crippen LogP contribution in [0.4, 0.5) is 4.79 Å². The van der Waals surface area contributed by atoms with E-state index < -0.39 is 47.5 Å². The van der Waals surface area contributed by atoms with Gasteiger partial charge in [-0.2, -0.15) is 0 Å².